The number of hydrogen-bond donors (Lipinski definition) is 2. The van der Waals surface area contributed by atoms with E-state index in [1.807, 2.05) is 18.2 Å². The van der Waals surface area contributed by atoms with Crippen LogP contribution >= 0.6 is 22.9 Å². The number of nitrogens with one attached hydrogen (secondary N) is 2. The van der Waals surface area contributed by atoms with Crippen LogP contribution in [0.3, 0.4) is 0 Å². The van der Waals surface area contributed by atoms with Gasteiger partial charge in [-0.15, -0.1) is 0 Å². The summed E-state index contributed by atoms with van der Waals surface area (Å²) in [6.07, 6.45) is 1.73. The van der Waals surface area contributed by atoms with Crippen LogP contribution in [0.5, 0.6) is 5.06 Å². The number of benzene rings is 1. The van der Waals surface area contributed by atoms with Crippen LogP contribution in [0.1, 0.15) is 36.8 Å². The Morgan fingerprint density at radius 1 is 1.10 bits per heavy atom. The highest BCUT2D eigenvalue weighted by Gasteiger charge is 2.25. The molecule has 0 aliphatic carbocycles. The van der Waals surface area contributed by atoms with Crippen molar-refractivity contribution >= 4 is 52.5 Å². The SMILES string of the molecule is COC(=O)CCCN(C)C(=O)CC[C@@H](NC(=O)Oc1ccc(Cl)s1)C(=O)Nc1ccc2c(c1)CCN(C)CC2. The standard InChI is InChI=1S/C27H35ClN4O6S/c1-31-15-12-18-6-7-20(17-19(18)13-16-31)29-26(35)21(30-27(36)38-25-11-9-22(28)39-25)8-10-23(33)32(2)14-4-5-24(34)37-3/h6-7,9,11,17,21H,4-5,8,10,12-16H2,1-3H3,(H,29,35)(H,30,36)/t21-/m1/s1. The second-order valence-corrected chi connectivity index (χ2v) is 11.1. The number of halogens is 1. The first kappa shape index (κ1) is 30.4. The lowest BCUT2D eigenvalue weighted by Gasteiger charge is -2.21. The first-order chi connectivity index (χ1) is 18.6. The molecule has 0 unspecified atom stereocenters. The second kappa shape index (κ2) is 14.9. The van der Waals surface area contributed by atoms with Gasteiger partial charge in [0.1, 0.15) is 6.04 Å². The molecule has 0 bridgehead atoms. The molecule has 3 amide bonds. The van der Waals surface area contributed by atoms with Gasteiger partial charge in [0.25, 0.3) is 0 Å². The predicted octanol–water partition coefficient (Wildman–Crippen LogP) is 3.72. The first-order valence-electron chi connectivity index (χ1n) is 12.8. The van der Waals surface area contributed by atoms with E-state index >= 15 is 0 Å². The summed E-state index contributed by atoms with van der Waals surface area (Å²) in [4.78, 5) is 53.6. The number of carbonyl (C=O) groups excluding carboxylic acids is 4. The molecule has 0 radical (unpaired) electrons. The molecule has 0 saturated carbocycles. The molecule has 10 nitrogen and oxygen atoms in total. The number of methoxy groups -OCH3 is 1. The van der Waals surface area contributed by atoms with Crippen LogP contribution in [-0.4, -0.2) is 80.6 Å². The van der Waals surface area contributed by atoms with E-state index in [1.54, 1.807) is 19.2 Å². The number of anilines is 1. The maximum Gasteiger partial charge on any atom is 0.414 e. The van der Waals surface area contributed by atoms with E-state index in [0.29, 0.717) is 23.0 Å². The Morgan fingerprint density at radius 2 is 1.85 bits per heavy atom. The number of amides is 3. The molecular formula is C27H35ClN4O6S. The molecule has 2 heterocycles. The smallest absolute Gasteiger partial charge is 0.414 e. The lowest BCUT2D eigenvalue weighted by molar-refractivity contribution is -0.141. The zero-order chi connectivity index (χ0) is 28.4. The minimum absolute atomic E-state index is 0.00838. The third-order valence-corrected chi connectivity index (χ3v) is 7.63. The van der Waals surface area contributed by atoms with Gasteiger partial charge in [-0.05, 0) is 68.1 Å². The summed E-state index contributed by atoms with van der Waals surface area (Å²) < 4.78 is 10.3. The van der Waals surface area contributed by atoms with Gasteiger partial charge in [0.05, 0.1) is 11.4 Å². The van der Waals surface area contributed by atoms with E-state index < -0.39 is 18.0 Å². The molecular weight excluding hydrogens is 544 g/mol. The Balaban J connectivity index is 1.64. The van der Waals surface area contributed by atoms with Crippen molar-refractivity contribution in [2.45, 2.75) is 44.6 Å². The van der Waals surface area contributed by atoms with Crippen molar-refractivity contribution in [2.75, 3.05) is 46.2 Å². The quantitative estimate of drug-likeness (QED) is 0.390. The molecule has 3 rings (SSSR count). The monoisotopic (exact) mass is 578 g/mol. The van der Waals surface area contributed by atoms with Crippen LogP contribution in [0.4, 0.5) is 10.5 Å². The van der Waals surface area contributed by atoms with Crippen molar-refractivity contribution in [3.05, 3.63) is 45.8 Å². The van der Waals surface area contributed by atoms with Crippen molar-refractivity contribution in [2.24, 2.45) is 0 Å². The molecule has 0 spiro atoms. The summed E-state index contributed by atoms with van der Waals surface area (Å²) >= 11 is 6.99. The Kier molecular flexibility index (Phi) is 11.6. The summed E-state index contributed by atoms with van der Waals surface area (Å²) in [6, 6.07) is 7.98. The van der Waals surface area contributed by atoms with Gasteiger partial charge in [0.2, 0.25) is 11.8 Å². The van der Waals surface area contributed by atoms with Crippen LogP contribution in [0.25, 0.3) is 0 Å². The topological polar surface area (TPSA) is 117 Å². The van der Waals surface area contributed by atoms with Gasteiger partial charge in [0, 0.05) is 45.2 Å². The van der Waals surface area contributed by atoms with Gasteiger partial charge in [-0.3, -0.25) is 14.4 Å². The van der Waals surface area contributed by atoms with Gasteiger partial charge in [-0.25, -0.2) is 4.79 Å². The van der Waals surface area contributed by atoms with E-state index in [0.717, 1.165) is 37.3 Å². The highest BCUT2D eigenvalue weighted by atomic mass is 35.5. The normalized spacial score (nSPS) is 13.9. The highest BCUT2D eigenvalue weighted by Crippen LogP contribution is 2.28. The Bertz CT molecular complexity index is 1170. The maximum absolute atomic E-state index is 13.3. The number of thiophene rings is 1. The molecule has 39 heavy (non-hydrogen) atoms. The number of likely N-dealkylation sites (N-methyl/N-ethyl adjacent to an activating group) is 1. The summed E-state index contributed by atoms with van der Waals surface area (Å²) in [5, 5.41) is 5.76. The van der Waals surface area contributed by atoms with Gasteiger partial charge < -0.3 is 29.9 Å². The molecule has 12 heteroatoms. The van der Waals surface area contributed by atoms with Gasteiger partial charge >= 0.3 is 12.1 Å². The summed E-state index contributed by atoms with van der Waals surface area (Å²) in [5.74, 6) is -1.01. The molecule has 2 N–H and O–H groups in total. The number of carbonyl (C=O) groups is 4. The van der Waals surface area contributed by atoms with Crippen molar-refractivity contribution in [1.29, 1.82) is 0 Å². The molecule has 0 fully saturated rings. The highest BCUT2D eigenvalue weighted by molar-refractivity contribution is 7.17. The molecule has 212 valence electrons. The van der Waals surface area contributed by atoms with Gasteiger partial charge in [0.15, 0.2) is 5.06 Å². The molecule has 2 aromatic rings. The van der Waals surface area contributed by atoms with Crippen LogP contribution in [0.15, 0.2) is 30.3 Å². The van der Waals surface area contributed by atoms with E-state index in [1.165, 1.54) is 23.1 Å². The van der Waals surface area contributed by atoms with Crippen molar-refractivity contribution < 1.29 is 28.7 Å². The lowest BCUT2D eigenvalue weighted by atomic mass is 10.0. The third kappa shape index (κ3) is 9.83. The van der Waals surface area contributed by atoms with E-state index in [2.05, 4.69) is 27.3 Å². The fourth-order valence-corrected chi connectivity index (χ4v) is 5.05. The Labute approximate surface area is 237 Å². The Morgan fingerprint density at radius 3 is 2.54 bits per heavy atom. The number of esters is 1. The molecule has 1 aliphatic heterocycles. The number of fused-ring (bicyclic) bond motifs is 1. The van der Waals surface area contributed by atoms with Crippen LogP contribution in [0.2, 0.25) is 4.34 Å². The first-order valence-corrected chi connectivity index (χ1v) is 14.0. The number of nitrogens with zero attached hydrogens (tertiary/aromatic N) is 2. The molecule has 1 aromatic heterocycles. The molecule has 1 atom stereocenters. The summed E-state index contributed by atoms with van der Waals surface area (Å²) in [7, 11) is 5.04. The fraction of sp³-hybridized carbons (Fsp3) is 0.481. The lowest BCUT2D eigenvalue weighted by Crippen LogP contribution is -2.45. The van der Waals surface area contributed by atoms with E-state index in [4.69, 9.17) is 16.3 Å². The van der Waals surface area contributed by atoms with Crippen molar-refractivity contribution in [1.82, 2.24) is 15.1 Å². The number of rotatable bonds is 11. The molecule has 0 saturated heterocycles. The summed E-state index contributed by atoms with van der Waals surface area (Å²) in [5.41, 5.74) is 3.06. The van der Waals surface area contributed by atoms with Crippen molar-refractivity contribution in [3.63, 3.8) is 0 Å². The predicted molar refractivity (Wildman–Crippen MR) is 150 cm³/mol. The van der Waals surface area contributed by atoms with Crippen LogP contribution in [0, 0.1) is 0 Å². The number of ether oxygens (including phenoxy) is 2. The third-order valence-electron chi connectivity index (χ3n) is 6.52. The minimum atomic E-state index is -1.02. The fourth-order valence-electron chi connectivity index (χ4n) is 4.17. The van der Waals surface area contributed by atoms with E-state index in [9.17, 15) is 19.2 Å². The largest absolute Gasteiger partial charge is 0.469 e. The van der Waals surface area contributed by atoms with Gasteiger partial charge in [-0.1, -0.05) is 29.0 Å². The average Bonchev–Trinajstić information content (AvgIpc) is 3.22. The maximum atomic E-state index is 13.3. The van der Waals surface area contributed by atoms with Crippen molar-refractivity contribution in [3.8, 4) is 5.06 Å². The average molecular weight is 579 g/mol. The molecule has 1 aliphatic rings. The number of hydrogen-bond acceptors (Lipinski definition) is 8. The van der Waals surface area contributed by atoms with Gasteiger partial charge in [-0.2, -0.15) is 0 Å². The summed E-state index contributed by atoms with van der Waals surface area (Å²) in [6.45, 7) is 2.28. The zero-order valence-corrected chi connectivity index (χ0v) is 24.0. The molecule has 1 aromatic carbocycles. The zero-order valence-electron chi connectivity index (χ0n) is 22.5. The minimum Gasteiger partial charge on any atom is -0.469 e. The van der Waals surface area contributed by atoms with Crippen LogP contribution in [-0.2, 0) is 32.0 Å². The van der Waals surface area contributed by atoms with Crippen LogP contribution < -0.4 is 15.4 Å². The van der Waals surface area contributed by atoms with E-state index in [-0.39, 0.29) is 36.2 Å². The Hall–Kier alpha value is -3.15. The second-order valence-electron chi connectivity index (χ2n) is 9.45.